The van der Waals surface area contributed by atoms with E-state index < -0.39 is 0 Å². The van der Waals surface area contributed by atoms with Crippen molar-refractivity contribution in [1.82, 2.24) is 9.80 Å². The maximum Gasteiger partial charge on any atom is 0.195 e. The molecule has 17 heavy (non-hydrogen) atoms. The van der Waals surface area contributed by atoms with Crippen molar-refractivity contribution in [3.05, 3.63) is 34.1 Å². The Morgan fingerprint density at radius 1 is 1.24 bits per heavy atom. The highest BCUT2D eigenvalue weighted by Crippen LogP contribution is 2.18. The third kappa shape index (κ3) is 4.00. The molecule has 0 unspecified atom stereocenters. The average Bonchev–Trinajstić information content (AvgIpc) is 2.20. The Bertz CT molecular complexity index is 406. The fourth-order valence-corrected chi connectivity index (χ4v) is 1.96. The summed E-state index contributed by atoms with van der Waals surface area (Å²) < 4.78 is 13.7. The Kier molecular flexibility index (Phi) is 4.93. The van der Waals surface area contributed by atoms with Crippen LogP contribution < -0.4 is 0 Å². The molecule has 0 aliphatic rings. The lowest BCUT2D eigenvalue weighted by Crippen LogP contribution is -2.35. The van der Waals surface area contributed by atoms with E-state index in [2.05, 4.69) is 20.9 Å². The van der Waals surface area contributed by atoms with Crippen molar-refractivity contribution >= 4 is 21.9 Å². The lowest BCUT2D eigenvalue weighted by Gasteiger charge is -2.22. The second-order valence-corrected chi connectivity index (χ2v) is 5.00. The van der Waals surface area contributed by atoms with Gasteiger partial charge in [0.05, 0.1) is 6.54 Å². The zero-order valence-electron chi connectivity index (χ0n) is 10.5. The van der Waals surface area contributed by atoms with Crippen molar-refractivity contribution in [1.29, 1.82) is 0 Å². The van der Waals surface area contributed by atoms with Crippen LogP contribution in [-0.2, 0) is 6.54 Å². The highest BCUT2D eigenvalue weighted by atomic mass is 79.9. The van der Waals surface area contributed by atoms with Crippen LogP contribution in [0.3, 0.4) is 0 Å². The van der Waals surface area contributed by atoms with E-state index in [0.717, 1.165) is 16.0 Å². The van der Waals surface area contributed by atoms with Crippen LogP contribution >= 0.6 is 15.9 Å². The predicted molar refractivity (Wildman–Crippen MR) is 72.6 cm³/mol. The van der Waals surface area contributed by atoms with Crippen LogP contribution in [0.5, 0.6) is 0 Å². The Hall–Kier alpha value is -1.10. The third-order valence-electron chi connectivity index (χ3n) is 2.21. The molecule has 0 radical (unpaired) electrons. The predicted octanol–water partition coefficient (Wildman–Crippen LogP) is 2.57. The van der Waals surface area contributed by atoms with Gasteiger partial charge in [0.15, 0.2) is 5.96 Å². The van der Waals surface area contributed by atoms with E-state index in [0.29, 0.717) is 6.54 Å². The third-order valence-corrected chi connectivity index (χ3v) is 2.94. The van der Waals surface area contributed by atoms with Crippen molar-refractivity contribution in [3.63, 3.8) is 0 Å². The number of benzene rings is 1. The number of nitrogens with zero attached hydrogens (tertiary/aromatic N) is 3. The largest absolute Gasteiger partial charge is 0.349 e. The molecule has 0 fully saturated rings. The number of hydrogen-bond donors (Lipinski definition) is 0. The second-order valence-electron chi connectivity index (χ2n) is 4.14. The van der Waals surface area contributed by atoms with E-state index in [-0.39, 0.29) is 5.82 Å². The SMILES string of the molecule is CN(C)C(=NCc1ccc(F)cc1Br)N(C)C. The molecule has 94 valence electrons. The standard InChI is InChI=1S/C12H17BrFN3/c1-16(2)12(17(3)4)15-8-9-5-6-10(14)7-11(9)13/h5-7H,8H2,1-4H3. The molecule has 1 aromatic rings. The molecular weight excluding hydrogens is 285 g/mol. The molecular formula is C12H17BrFN3. The van der Waals surface area contributed by atoms with Gasteiger partial charge in [-0.2, -0.15) is 0 Å². The summed E-state index contributed by atoms with van der Waals surface area (Å²) in [5, 5.41) is 0. The summed E-state index contributed by atoms with van der Waals surface area (Å²) >= 11 is 3.33. The fourth-order valence-electron chi connectivity index (χ4n) is 1.49. The second kappa shape index (κ2) is 6.00. The summed E-state index contributed by atoms with van der Waals surface area (Å²) in [7, 11) is 7.77. The van der Waals surface area contributed by atoms with Gasteiger partial charge in [-0.15, -0.1) is 0 Å². The topological polar surface area (TPSA) is 18.8 Å². The molecule has 3 nitrogen and oxygen atoms in total. The van der Waals surface area contributed by atoms with Crippen LogP contribution in [0.4, 0.5) is 4.39 Å². The van der Waals surface area contributed by atoms with Gasteiger partial charge in [0.2, 0.25) is 0 Å². The summed E-state index contributed by atoms with van der Waals surface area (Å²) in [6.07, 6.45) is 0. The first-order valence-corrected chi connectivity index (χ1v) is 6.04. The average molecular weight is 302 g/mol. The van der Waals surface area contributed by atoms with Gasteiger partial charge in [-0.05, 0) is 17.7 Å². The van der Waals surface area contributed by atoms with Gasteiger partial charge in [0.1, 0.15) is 5.82 Å². The molecule has 0 aliphatic heterocycles. The Morgan fingerprint density at radius 3 is 2.29 bits per heavy atom. The highest BCUT2D eigenvalue weighted by Gasteiger charge is 2.05. The minimum Gasteiger partial charge on any atom is -0.349 e. The van der Waals surface area contributed by atoms with E-state index in [4.69, 9.17) is 0 Å². The first kappa shape index (κ1) is 14.0. The zero-order valence-corrected chi connectivity index (χ0v) is 12.1. The van der Waals surface area contributed by atoms with Gasteiger partial charge >= 0.3 is 0 Å². The van der Waals surface area contributed by atoms with Crippen LogP contribution in [0.1, 0.15) is 5.56 Å². The number of aliphatic imine (C=N–C) groups is 1. The van der Waals surface area contributed by atoms with Crippen LogP contribution in [0.25, 0.3) is 0 Å². The van der Waals surface area contributed by atoms with Gasteiger partial charge in [-0.1, -0.05) is 22.0 Å². The smallest absolute Gasteiger partial charge is 0.195 e. The summed E-state index contributed by atoms with van der Waals surface area (Å²) in [6, 6.07) is 4.64. The Balaban J connectivity index is 2.87. The van der Waals surface area contributed by atoms with Gasteiger partial charge in [0.25, 0.3) is 0 Å². The van der Waals surface area contributed by atoms with E-state index in [1.54, 1.807) is 6.07 Å². The first-order valence-electron chi connectivity index (χ1n) is 5.25. The van der Waals surface area contributed by atoms with E-state index in [1.165, 1.54) is 12.1 Å². The molecule has 1 aromatic carbocycles. The Morgan fingerprint density at radius 2 is 1.82 bits per heavy atom. The number of guanidine groups is 1. The van der Waals surface area contributed by atoms with Crippen LogP contribution in [-0.4, -0.2) is 44.0 Å². The summed E-state index contributed by atoms with van der Waals surface area (Å²) in [5.41, 5.74) is 0.965. The van der Waals surface area contributed by atoms with Crippen molar-refractivity contribution in [3.8, 4) is 0 Å². The van der Waals surface area contributed by atoms with E-state index >= 15 is 0 Å². The maximum atomic E-state index is 12.9. The normalized spacial score (nSPS) is 10.0. The molecule has 1 rings (SSSR count). The van der Waals surface area contributed by atoms with Gasteiger partial charge in [-0.25, -0.2) is 9.38 Å². The summed E-state index contributed by atoms with van der Waals surface area (Å²) in [6.45, 7) is 0.520. The van der Waals surface area contributed by atoms with Crippen LogP contribution in [0.15, 0.2) is 27.7 Å². The van der Waals surface area contributed by atoms with Gasteiger partial charge in [0, 0.05) is 32.7 Å². The molecule has 0 heterocycles. The Labute approximate surface area is 110 Å². The molecule has 0 saturated carbocycles. The molecule has 0 aromatic heterocycles. The van der Waals surface area contributed by atoms with Gasteiger partial charge in [-0.3, -0.25) is 0 Å². The molecule has 5 heteroatoms. The van der Waals surface area contributed by atoms with Crippen molar-refractivity contribution in [2.45, 2.75) is 6.54 Å². The van der Waals surface area contributed by atoms with E-state index in [9.17, 15) is 4.39 Å². The number of halogens is 2. The molecule has 0 saturated heterocycles. The maximum absolute atomic E-state index is 12.9. The molecule has 0 bridgehead atoms. The number of hydrogen-bond acceptors (Lipinski definition) is 1. The minimum absolute atomic E-state index is 0.245. The van der Waals surface area contributed by atoms with Crippen molar-refractivity contribution in [2.75, 3.05) is 28.2 Å². The molecule has 0 spiro atoms. The van der Waals surface area contributed by atoms with Crippen molar-refractivity contribution in [2.24, 2.45) is 4.99 Å². The molecule has 0 amide bonds. The van der Waals surface area contributed by atoms with Crippen LogP contribution in [0.2, 0.25) is 0 Å². The monoisotopic (exact) mass is 301 g/mol. The molecule has 0 atom stereocenters. The van der Waals surface area contributed by atoms with Crippen LogP contribution in [0, 0.1) is 5.82 Å². The molecule has 0 aliphatic carbocycles. The quantitative estimate of drug-likeness (QED) is 0.618. The highest BCUT2D eigenvalue weighted by molar-refractivity contribution is 9.10. The lowest BCUT2D eigenvalue weighted by molar-refractivity contribution is 0.479. The van der Waals surface area contributed by atoms with Gasteiger partial charge < -0.3 is 9.80 Å². The zero-order chi connectivity index (χ0) is 13.0. The summed E-state index contributed by atoms with van der Waals surface area (Å²) in [5.74, 6) is 0.631. The minimum atomic E-state index is -0.245. The van der Waals surface area contributed by atoms with E-state index in [1.807, 2.05) is 38.0 Å². The number of rotatable bonds is 2. The van der Waals surface area contributed by atoms with Crippen molar-refractivity contribution < 1.29 is 4.39 Å². The lowest BCUT2D eigenvalue weighted by atomic mass is 10.2. The molecule has 0 N–H and O–H groups in total. The first-order chi connectivity index (χ1) is 7.91. The fraction of sp³-hybridized carbons (Fsp3) is 0.417. The summed E-state index contributed by atoms with van der Waals surface area (Å²) in [4.78, 5) is 8.38.